The fraction of sp³-hybridized carbons (Fsp3) is 0.174. The highest BCUT2D eigenvalue weighted by molar-refractivity contribution is 5.99. The maximum absolute atomic E-state index is 12.3. The van der Waals surface area contributed by atoms with Crippen LogP contribution in [-0.4, -0.2) is 18.8 Å². The first kappa shape index (κ1) is 17.9. The molecule has 4 rings (SSSR count). The largest absolute Gasteiger partial charge is 0.494 e. The SMILES string of the molecule is COc1c(Nc2ccc3ccccc3c2)cc(OC)c2c1c(C)cc(=O)n2C. The Hall–Kier alpha value is -3.47. The number of ether oxygens (including phenoxy) is 2. The van der Waals surface area contributed by atoms with Crippen molar-refractivity contribution in [3.63, 3.8) is 0 Å². The Morgan fingerprint density at radius 1 is 0.929 bits per heavy atom. The molecule has 1 heterocycles. The van der Waals surface area contributed by atoms with Crippen molar-refractivity contribution in [3.8, 4) is 11.5 Å². The summed E-state index contributed by atoms with van der Waals surface area (Å²) in [5.41, 5.74) is 3.20. The zero-order valence-corrected chi connectivity index (χ0v) is 16.4. The molecule has 0 spiro atoms. The second kappa shape index (κ2) is 6.93. The summed E-state index contributed by atoms with van der Waals surface area (Å²) >= 11 is 0. The van der Waals surface area contributed by atoms with Gasteiger partial charge < -0.3 is 19.4 Å². The molecule has 5 heteroatoms. The lowest BCUT2D eigenvalue weighted by Gasteiger charge is -2.19. The fourth-order valence-electron chi connectivity index (χ4n) is 3.68. The van der Waals surface area contributed by atoms with E-state index in [0.717, 1.165) is 27.7 Å². The van der Waals surface area contributed by atoms with Crippen LogP contribution in [0.3, 0.4) is 0 Å². The average molecular weight is 374 g/mol. The molecule has 4 aromatic rings. The highest BCUT2D eigenvalue weighted by atomic mass is 16.5. The summed E-state index contributed by atoms with van der Waals surface area (Å²) < 4.78 is 13.0. The van der Waals surface area contributed by atoms with Gasteiger partial charge in [-0.05, 0) is 35.4 Å². The van der Waals surface area contributed by atoms with Crippen molar-refractivity contribution in [2.45, 2.75) is 6.92 Å². The molecule has 0 atom stereocenters. The summed E-state index contributed by atoms with van der Waals surface area (Å²) in [6, 6.07) is 17.9. The average Bonchev–Trinajstić information content (AvgIpc) is 2.71. The topological polar surface area (TPSA) is 52.5 Å². The van der Waals surface area contributed by atoms with Crippen LogP contribution in [0, 0.1) is 6.92 Å². The Kier molecular flexibility index (Phi) is 4.43. The van der Waals surface area contributed by atoms with Crippen LogP contribution < -0.4 is 20.3 Å². The lowest BCUT2D eigenvalue weighted by molar-refractivity contribution is 0.410. The third-order valence-electron chi connectivity index (χ3n) is 5.07. The maximum atomic E-state index is 12.3. The number of pyridine rings is 1. The molecule has 1 aromatic heterocycles. The van der Waals surface area contributed by atoms with Crippen LogP contribution in [0.1, 0.15) is 5.56 Å². The molecule has 0 saturated heterocycles. The fourth-order valence-corrected chi connectivity index (χ4v) is 3.68. The third kappa shape index (κ3) is 2.85. The predicted molar refractivity (Wildman–Crippen MR) is 114 cm³/mol. The Morgan fingerprint density at radius 3 is 2.39 bits per heavy atom. The number of nitrogens with one attached hydrogen (secondary N) is 1. The van der Waals surface area contributed by atoms with Gasteiger partial charge >= 0.3 is 0 Å². The van der Waals surface area contributed by atoms with E-state index < -0.39 is 0 Å². The molecule has 142 valence electrons. The maximum Gasteiger partial charge on any atom is 0.251 e. The summed E-state index contributed by atoms with van der Waals surface area (Å²) in [5, 5.41) is 6.64. The molecule has 1 N–H and O–H groups in total. The Balaban J connectivity index is 1.94. The summed E-state index contributed by atoms with van der Waals surface area (Å²) in [5.74, 6) is 1.29. The first-order valence-corrected chi connectivity index (χ1v) is 9.04. The van der Waals surface area contributed by atoms with Gasteiger partial charge in [0, 0.05) is 30.3 Å². The predicted octanol–water partition coefficient (Wildman–Crippen LogP) is 4.76. The second-order valence-corrected chi connectivity index (χ2v) is 6.79. The van der Waals surface area contributed by atoms with Crippen LogP contribution in [-0.2, 0) is 7.05 Å². The molecule has 0 saturated carbocycles. The zero-order chi connectivity index (χ0) is 19.8. The van der Waals surface area contributed by atoms with Crippen molar-refractivity contribution >= 4 is 33.1 Å². The normalized spacial score (nSPS) is 11.0. The number of benzene rings is 3. The first-order valence-electron chi connectivity index (χ1n) is 9.04. The number of hydrogen-bond acceptors (Lipinski definition) is 4. The highest BCUT2D eigenvalue weighted by Crippen LogP contribution is 2.42. The molecule has 28 heavy (non-hydrogen) atoms. The van der Waals surface area contributed by atoms with Gasteiger partial charge in [-0.1, -0.05) is 30.3 Å². The van der Waals surface area contributed by atoms with Gasteiger partial charge in [-0.15, -0.1) is 0 Å². The van der Waals surface area contributed by atoms with Gasteiger partial charge in [0.05, 0.1) is 25.4 Å². The molecular weight excluding hydrogens is 352 g/mol. The Bertz CT molecular complexity index is 1260. The van der Waals surface area contributed by atoms with Crippen molar-refractivity contribution in [2.75, 3.05) is 19.5 Å². The highest BCUT2D eigenvalue weighted by Gasteiger charge is 2.18. The van der Waals surface area contributed by atoms with E-state index in [-0.39, 0.29) is 5.56 Å². The number of aromatic nitrogens is 1. The van der Waals surface area contributed by atoms with E-state index in [1.54, 1.807) is 31.9 Å². The number of hydrogen-bond donors (Lipinski definition) is 1. The molecule has 0 aliphatic heterocycles. The molecule has 0 amide bonds. The van der Waals surface area contributed by atoms with E-state index >= 15 is 0 Å². The summed E-state index contributed by atoms with van der Waals surface area (Å²) in [4.78, 5) is 12.3. The molecule has 5 nitrogen and oxygen atoms in total. The number of methoxy groups -OCH3 is 2. The van der Waals surface area contributed by atoms with E-state index in [9.17, 15) is 4.79 Å². The van der Waals surface area contributed by atoms with Crippen LogP contribution in [0.25, 0.3) is 21.7 Å². The number of anilines is 2. The summed E-state index contributed by atoms with van der Waals surface area (Å²) in [7, 11) is 4.98. The van der Waals surface area contributed by atoms with Crippen LogP contribution >= 0.6 is 0 Å². The van der Waals surface area contributed by atoms with Crippen LogP contribution in [0.4, 0.5) is 11.4 Å². The van der Waals surface area contributed by atoms with Crippen molar-refractivity contribution in [3.05, 3.63) is 70.5 Å². The minimum atomic E-state index is -0.0828. The molecule has 0 bridgehead atoms. The summed E-state index contributed by atoms with van der Waals surface area (Å²) in [6.07, 6.45) is 0. The van der Waals surface area contributed by atoms with Crippen molar-refractivity contribution in [1.82, 2.24) is 4.57 Å². The van der Waals surface area contributed by atoms with E-state index in [1.807, 2.05) is 31.2 Å². The van der Waals surface area contributed by atoms with E-state index in [4.69, 9.17) is 9.47 Å². The van der Waals surface area contributed by atoms with E-state index in [2.05, 4.69) is 29.6 Å². The Labute approximate surface area is 163 Å². The van der Waals surface area contributed by atoms with Crippen molar-refractivity contribution in [2.24, 2.45) is 7.05 Å². The van der Waals surface area contributed by atoms with Gasteiger partial charge in [0.1, 0.15) is 5.75 Å². The quantitative estimate of drug-likeness (QED) is 0.559. The molecule has 0 unspecified atom stereocenters. The number of fused-ring (bicyclic) bond motifs is 2. The molecule has 3 aromatic carbocycles. The molecule has 0 aliphatic rings. The Morgan fingerprint density at radius 2 is 1.68 bits per heavy atom. The molecule has 0 radical (unpaired) electrons. The van der Waals surface area contributed by atoms with Gasteiger partial charge in [0.25, 0.3) is 5.56 Å². The van der Waals surface area contributed by atoms with Crippen molar-refractivity contribution in [1.29, 1.82) is 0 Å². The zero-order valence-electron chi connectivity index (χ0n) is 16.4. The molecule has 0 fully saturated rings. The van der Waals surface area contributed by atoms with Gasteiger partial charge in [0.15, 0.2) is 5.75 Å². The standard InChI is InChI=1S/C23H22N2O3/c1-14-11-20(26)25(2)22-19(27-3)13-18(23(28-4)21(14)22)24-17-10-9-15-7-5-6-8-16(15)12-17/h5-13,24H,1-4H3. The van der Waals surface area contributed by atoms with Crippen LogP contribution in [0.2, 0.25) is 0 Å². The van der Waals surface area contributed by atoms with Crippen molar-refractivity contribution < 1.29 is 9.47 Å². The minimum absolute atomic E-state index is 0.0828. The van der Waals surface area contributed by atoms with Gasteiger partial charge in [-0.3, -0.25) is 4.79 Å². The number of nitrogens with zero attached hydrogens (tertiary/aromatic N) is 1. The van der Waals surface area contributed by atoms with E-state index in [0.29, 0.717) is 17.0 Å². The van der Waals surface area contributed by atoms with Gasteiger partial charge in [-0.2, -0.15) is 0 Å². The van der Waals surface area contributed by atoms with E-state index in [1.165, 1.54) is 5.39 Å². The van der Waals surface area contributed by atoms with Crippen LogP contribution in [0.5, 0.6) is 11.5 Å². The second-order valence-electron chi connectivity index (χ2n) is 6.79. The monoisotopic (exact) mass is 374 g/mol. The first-order chi connectivity index (χ1) is 13.5. The molecular formula is C23H22N2O3. The van der Waals surface area contributed by atoms with Gasteiger partial charge in [0.2, 0.25) is 0 Å². The minimum Gasteiger partial charge on any atom is -0.494 e. The third-order valence-corrected chi connectivity index (χ3v) is 5.07. The van der Waals surface area contributed by atoms with Crippen LogP contribution in [0.15, 0.2) is 59.4 Å². The lowest BCUT2D eigenvalue weighted by atomic mass is 10.1. The smallest absolute Gasteiger partial charge is 0.251 e. The number of aryl methyl sites for hydroxylation is 2. The summed E-state index contributed by atoms with van der Waals surface area (Å²) in [6.45, 7) is 1.91. The lowest BCUT2D eigenvalue weighted by Crippen LogP contribution is -2.17. The number of rotatable bonds is 4. The van der Waals surface area contributed by atoms with Gasteiger partial charge in [-0.25, -0.2) is 0 Å². The molecule has 0 aliphatic carbocycles.